The molecule has 0 heterocycles. The number of carbonyl (C=O) groups excluding carboxylic acids is 2. The molecule has 8 heteroatoms. The molecule has 1 fully saturated rings. The monoisotopic (exact) mass is 572 g/mol. The Morgan fingerprint density at radius 1 is 0.952 bits per heavy atom. The molecule has 0 spiro atoms. The SMILES string of the molecule is CCCC(=O)C(NCCCOc1ccc(CCC(Nc2ccccc2OC(=O)c2ccccc2)C(=O)O)cc1)C1CC1. The number of carbonyl (C=O) groups is 3. The highest BCUT2D eigenvalue weighted by atomic mass is 16.5. The van der Waals surface area contributed by atoms with E-state index in [-0.39, 0.29) is 11.8 Å². The number of aryl methyl sites for hydroxylation is 1. The smallest absolute Gasteiger partial charge is 0.343 e. The van der Waals surface area contributed by atoms with Crippen molar-refractivity contribution in [3.63, 3.8) is 0 Å². The summed E-state index contributed by atoms with van der Waals surface area (Å²) >= 11 is 0. The number of ether oxygens (including phenoxy) is 2. The molecule has 0 aliphatic heterocycles. The van der Waals surface area contributed by atoms with E-state index in [1.165, 1.54) is 0 Å². The van der Waals surface area contributed by atoms with Crippen LogP contribution >= 0.6 is 0 Å². The lowest BCUT2D eigenvalue weighted by Gasteiger charge is -2.18. The number of hydrogen-bond acceptors (Lipinski definition) is 7. The molecule has 2 unspecified atom stereocenters. The Labute approximate surface area is 247 Å². The number of para-hydroxylation sites is 2. The standard InChI is InChI=1S/C34H40N2O6/c1-2-9-30(37)32(25-17-18-25)35-22-8-23-41-27-19-14-24(15-20-27)16-21-29(33(38)39)36-28-12-6-7-13-31(28)42-34(40)26-10-4-3-5-11-26/h3-7,10-15,19-20,25,29,32,35-36H,2,8-9,16-18,21-23H2,1H3,(H,38,39). The van der Waals surface area contributed by atoms with E-state index >= 15 is 0 Å². The van der Waals surface area contributed by atoms with Crippen LogP contribution in [0.4, 0.5) is 5.69 Å². The first-order chi connectivity index (χ1) is 20.4. The third kappa shape index (κ3) is 9.45. The molecular formula is C34H40N2O6. The highest BCUT2D eigenvalue weighted by molar-refractivity contribution is 5.92. The van der Waals surface area contributed by atoms with Gasteiger partial charge < -0.3 is 25.2 Å². The van der Waals surface area contributed by atoms with Gasteiger partial charge >= 0.3 is 11.9 Å². The predicted molar refractivity (Wildman–Crippen MR) is 162 cm³/mol. The van der Waals surface area contributed by atoms with Gasteiger partial charge in [0.25, 0.3) is 0 Å². The molecule has 1 saturated carbocycles. The quantitative estimate of drug-likeness (QED) is 0.0980. The minimum absolute atomic E-state index is 0.00821. The van der Waals surface area contributed by atoms with Crippen LogP contribution in [0.1, 0.15) is 61.4 Å². The van der Waals surface area contributed by atoms with Crippen LogP contribution in [0, 0.1) is 5.92 Å². The average Bonchev–Trinajstić information content (AvgIpc) is 3.84. The van der Waals surface area contributed by atoms with E-state index in [2.05, 4.69) is 10.6 Å². The van der Waals surface area contributed by atoms with Crippen molar-refractivity contribution in [2.45, 2.75) is 64.0 Å². The molecule has 1 aliphatic rings. The van der Waals surface area contributed by atoms with Crippen LogP contribution in [0.5, 0.6) is 11.5 Å². The van der Waals surface area contributed by atoms with Crippen molar-refractivity contribution in [3.05, 3.63) is 90.0 Å². The summed E-state index contributed by atoms with van der Waals surface area (Å²) < 4.78 is 11.4. The van der Waals surface area contributed by atoms with Crippen molar-refractivity contribution in [1.82, 2.24) is 5.32 Å². The van der Waals surface area contributed by atoms with Gasteiger partial charge in [-0.25, -0.2) is 9.59 Å². The Morgan fingerprint density at radius 2 is 1.67 bits per heavy atom. The van der Waals surface area contributed by atoms with Crippen molar-refractivity contribution >= 4 is 23.4 Å². The summed E-state index contributed by atoms with van der Waals surface area (Å²) in [6.07, 6.45) is 5.47. The molecule has 0 amide bonds. The second kappa shape index (κ2) is 15.7. The zero-order chi connectivity index (χ0) is 29.7. The number of hydrogen-bond donors (Lipinski definition) is 3. The van der Waals surface area contributed by atoms with Gasteiger partial charge in [-0.3, -0.25) is 4.79 Å². The van der Waals surface area contributed by atoms with E-state index < -0.39 is 18.0 Å². The summed E-state index contributed by atoms with van der Waals surface area (Å²) in [4.78, 5) is 36.9. The molecule has 1 aliphatic carbocycles. The topological polar surface area (TPSA) is 114 Å². The maximum Gasteiger partial charge on any atom is 0.343 e. The third-order valence-corrected chi connectivity index (χ3v) is 7.26. The Hall–Kier alpha value is -4.17. The van der Waals surface area contributed by atoms with Crippen molar-refractivity contribution in [3.8, 4) is 11.5 Å². The zero-order valence-electron chi connectivity index (χ0n) is 24.1. The molecule has 3 N–H and O–H groups in total. The van der Waals surface area contributed by atoms with Gasteiger partial charge in [0.2, 0.25) is 0 Å². The molecule has 8 nitrogen and oxygen atoms in total. The lowest BCUT2D eigenvalue weighted by molar-refractivity contribution is -0.138. The average molecular weight is 573 g/mol. The van der Waals surface area contributed by atoms with Gasteiger partial charge in [0.15, 0.2) is 5.75 Å². The number of ketones is 1. The Bertz CT molecular complexity index is 1310. The third-order valence-electron chi connectivity index (χ3n) is 7.26. The van der Waals surface area contributed by atoms with Crippen LogP contribution in [0.2, 0.25) is 0 Å². The van der Waals surface area contributed by atoms with Crippen molar-refractivity contribution in [2.24, 2.45) is 5.92 Å². The fourth-order valence-corrected chi connectivity index (χ4v) is 4.81. The summed E-state index contributed by atoms with van der Waals surface area (Å²) in [5.41, 5.74) is 1.83. The minimum atomic E-state index is -0.993. The molecule has 0 bridgehead atoms. The summed E-state index contributed by atoms with van der Waals surface area (Å²) in [5.74, 6) is 0.340. The second-order valence-corrected chi connectivity index (χ2v) is 10.7. The molecule has 2 atom stereocenters. The summed E-state index contributed by atoms with van der Waals surface area (Å²) in [6, 6.07) is 22.2. The van der Waals surface area contributed by atoms with E-state index in [1.54, 1.807) is 48.5 Å². The van der Waals surface area contributed by atoms with Crippen LogP contribution in [-0.2, 0) is 16.0 Å². The number of esters is 1. The summed E-state index contributed by atoms with van der Waals surface area (Å²) in [6.45, 7) is 3.33. The van der Waals surface area contributed by atoms with Gasteiger partial charge in [0, 0.05) is 6.42 Å². The Morgan fingerprint density at radius 3 is 2.36 bits per heavy atom. The largest absolute Gasteiger partial charge is 0.494 e. The van der Waals surface area contributed by atoms with E-state index in [0.29, 0.717) is 48.8 Å². The van der Waals surface area contributed by atoms with E-state index in [9.17, 15) is 19.5 Å². The number of rotatable bonds is 18. The first-order valence-corrected chi connectivity index (χ1v) is 14.8. The van der Waals surface area contributed by atoms with E-state index in [0.717, 1.165) is 43.5 Å². The van der Waals surface area contributed by atoms with Gasteiger partial charge in [-0.15, -0.1) is 0 Å². The molecule has 0 aromatic heterocycles. The molecule has 3 aromatic carbocycles. The predicted octanol–water partition coefficient (Wildman–Crippen LogP) is 5.91. The van der Waals surface area contributed by atoms with Gasteiger partial charge in [0.1, 0.15) is 17.6 Å². The molecule has 4 rings (SSSR count). The first kappa shape index (κ1) is 30.8. The number of benzene rings is 3. The number of aliphatic carboxylic acids is 1. The van der Waals surface area contributed by atoms with Crippen LogP contribution in [0.15, 0.2) is 78.9 Å². The number of anilines is 1. The van der Waals surface area contributed by atoms with E-state index in [4.69, 9.17) is 9.47 Å². The second-order valence-electron chi connectivity index (χ2n) is 10.7. The fraction of sp³-hybridized carbons (Fsp3) is 0.382. The van der Waals surface area contributed by atoms with Crippen molar-refractivity contribution in [1.29, 1.82) is 0 Å². The van der Waals surface area contributed by atoms with Gasteiger partial charge in [-0.05, 0) is 92.9 Å². The Balaban J connectivity index is 1.23. The lowest BCUT2D eigenvalue weighted by Crippen LogP contribution is -2.39. The summed E-state index contributed by atoms with van der Waals surface area (Å²) in [5, 5.41) is 16.3. The van der Waals surface area contributed by atoms with Crippen LogP contribution in [0.25, 0.3) is 0 Å². The van der Waals surface area contributed by atoms with Gasteiger partial charge in [-0.1, -0.05) is 49.4 Å². The normalized spacial score (nSPS) is 14.0. The highest BCUT2D eigenvalue weighted by Crippen LogP contribution is 2.33. The van der Waals surface area contributed by atoms with Crippen molar-refractivity contribution < 1.29 is 29.0 Å². The summed E-state index contributed by atoms with van der Waals surface area (Å²) in [7, 11) is 0. The lowest BCUT2D eigenvalue weighted by atomic mass is 10.0. The first-order valence-electron chi connectivity index (χ1n) is 14.8. The fourth-order valence-electron chi connectivity index (χ4n) is 4.81. The molecule has 42 heavy (non-hydrogen) atoms. The van der Waals surface area contributed by atoms with Gasteiger partial charge in [-0.2, -0.15) is 0 Å². The molecule has 222 valence electrons. The number of carboxylic acids is 1. The molecule has 0 saturated heterocycles. The number of nitrogens with one attached hydrogen (secondary N) is 2. The maximum absolute atomic E-state index is 12.5. The number of carboxylic acid groups (broad SMARTS) is 1. The van der Waals surface area contributed by atoms with Crippen LogP contribution in [0.3, 0.4) is 0 Å². The number of Topliss-reactive ketones (excluding diaryl/α,β-unsaturated/α-hetero) is 1. The molecule has 3 aromatic rings. The van der Waals surface area contributed by atoms with Crippen LogP contribution < -0.4 is 20.1 Å². The Kier molecular flexibility index (Phi) is 11.5. The van der Waals surface area contributed by atoms with E-state index in [1.807, 2.05) is 37.3 Å². The van der Waals surface area contributed by atoms with Crippen LogP contribution in [-0.4, -0.2) is 48.1 Å². The molecular weight excluding hydrogens is 532 g/mol. The minimum Gasteiger partial charge on any atom is -0.494 e. The van der Waals surface area contributed by atoms with Gasteiger partial charge in [0.05, 0.1) is 23.9 Å². The highest BCUT2D eigenvalue weighted by Gasteiger charge is 2.34. The molecule has 0 radical (unpaired) electrons. The zero-order valence-corrected chi connectivity index (χ0v) is 24.1. The maximum atomic E-state index is 12.5. The van der Waals surface area contributed by atoms with Crippen molar-refractivity contribution in [2.75, 3.05) is 18.5 Å².